The Morgan fingerprint density at radius 1 is 1.17 bits per heavy atom. The Bertz CT molecular complexity index is 687. The number of nitriles is 1. The second-order valence-electron chi connectivity index (χ2n) is 5.25. The van der Waals surface area contributed by atoms with E-state index in [1.54, 1.807) is 24.3 Å². The Balaban J connectivity index is 1.86. The summed E-state index contributed by atoms with van der Waals surface area (Å²) in [5.41, 5.74) is 2.43. The fourth-order valence-corrected chi connectivity index (χ4v) is 2.16. The van der Waals surface area contributed by atoms with Gasteiger partial charge in [0.15, 0.2) is 6.61 Å². The summed E-state index contributed by atoms with van der Waals surface area (Å²) in [7, 11) is 0. The number of nitrogens with one attached hydrogen (secondary N) is 1. The molecular formula is C19H20N2O2. The molecule has 118 valence electrons. The molecule has 0 saturated heterocycles. The van der Waals surface area contributed by atoms with Crippen LogP contribution >= 0.6 is 0 Å². The average molecular weight is 308 g/mol. The topological polar surface area (TPSA) is 62.1 Å². The second-order valence-corrected chi connectivity index (χ2v) is 5.25. The monoisotopic (exact) mass is 308 g/mol. The number of aryl methyl sites for hydroxylation is 1. The van der Waals surface area contributed by atoms with Crippen LogP contribution in [0.1, 0.15) is 30.9 Å². The summed E-state index contributed by atoms with van der Waals surface area (Å²) in [5.74, 6) is 0.166. The van der Waals surface area contributed by atoms with Crippen molar-refractivity contribution in [3.63, 3.8) is 0 Å². The molecule has 4 nitrogen and oxygen atoms in total. The van der Waals surface area contributed by atoms with Gasteiger partial charge in [-0.05, 0) is 42.7 Å². The van der Waals surface area contributed by atoms with Gasteiger partial charge in [0.05, 0.1) is 5.56 Å². The van der Waals surface area contributed by atoms with E-state index in [0.717, 1.165) is 18.5 Å². The zero-order valence-corrected chi connectivity index (χ0v) is 13.2. The van der Waals surface area contributed by atoms with Crippen LogP contribution in [0.5, 0.6) is 5.75 Å². The molecule has 1 amide bonds. The predicted octanol–water partition coefficient (Wildman–Crippen LogP) is 3.92. The molecule has 0 saturated carbocycles. The van der Waals surface area contributed by atoms with E-state index >= 15 is 0 Å². The van der Waals surface area contributed by atoms with Gasteiger partial charge in [-0.1, -0.05) is 37.6 Å². The van der Waals surface area contributed by atoms with Crippen molar-refractivity contribution in [2.45, 2.75) is 26.2 Å². The van der Waals surface area contributed by atoms with E-state index in [0.29, 0.717) is 11.3 Å². The maximum Gasteiger partial charge on any atom is 0.262 e. The number of anilines is 1. The van der Waals surface area contributed by atoms with Crippen molar-refractivity contribution in [1.82, 2.24) is 0 Å². The highest BCUT2D eigenvalue weighted by Crippen LogP contribution is 2.16. The van der Waals surface area contributed by atoms with Crippen molar-refractivity contribution in [3.8, 4) is 11.8 Å². The molecule has 0 aliphatic heterocycles. The Morgan fingerprint density at radius 2 is 1.91 bits per heavy atom. The van der Waals surface area contributed by atoms with Crippen LogP contribution in [0.25, 0.3) is 0 Å². The molecule has 0 heterocycles. The van der Waals surface area contributed by atoms with Gasteiger partial charge in [-0.2, -0.15) is 5.26 Å². The van der Waals surface area contributed by atoms with Crippen molar-refractivity contribution >= 4 is 11.6 Å². The first kappa shape index (κ1) is 16.6. The number of benzene rings is 2. The van der Waals surface area contributed by atoms with E-state index in [4.69, 9.17) is 10.00 Å². The smallest absolute Gasteiger partial charge is 0.262 e. The highest BCUT2D eigenvalue weighted by Gasteiger charge is 2.06. The number of hydrogen-bond donors (Lipinski definition) is 1. The first-order valence-corrected chi connectivity index (χ1v) is 7.73. The molecule has 1 N–H and O–H groups in total. The van der Waals surface area contributed by atoms with Crippen molar-refractivity contribution in [2.75, 3.05) is 11.9 Å². The SMILES string of the molecule is CCCCc1ccc(NC(=O)COc2ccccc2C#N)cc1. The van der Waals surface area contributed by atoms with Gasteiger partial charge in [-0.3, -0.25) is 4.79 Å². The van der Waals surface area contributed by atoms with Crippen LogP contribution < -0.4 is 10.1 Å². The fourth-order valence-electron chi connectivity index (χ4n) is 2.16. The van der Waals surface area contributed by atoms with Crippen molar-refractivity contribution < 1.29 is 9.53 Å². The van der Waals surface area contributed by atoms with Crippen LogP contribution in [0.2, 0.25) is 0 Å². The molecule has 0 fully saturated rings. The molecule has 0 aliphatic carbocycles. The van der Waals surface area contributed by atoms with Gasteiger partial charge in [0.2, 0.25) is 0 Å². The number of rotatable bonds is 7. The molecule has 0 spiro atoms. The Kier molecular flexibility index (Phi) is 6.19. The van der Waals surface area contributed by atoms with Crippen LogP contribution in [0.4, 0.5) is 5.69 Å². The van der Waals surface area contributed by atoms with Gasteiger partial charge in [0.1, 0.15) is 11.8 Å². The highest BCUT2D eigenvalue weighted by atomic mass is 16.5. The lowest BCUT2D eigenvalue weighted by Crippen LogP contribution is -2.20. The Morgan fingerprint density at radius 3 is 2.61 bits per heavy atom. The lowest BCUT2D eigenvalue weighted by atomic mass is 10.1. The average Bonchev–Trinajstić information content (AvgIpc) is 2.59. The first-order chi connectivity index (χ1) is 11.2. The number of unbranched alkanes of at least 4 members (excludes halogenated alkanes) is 1. The standard InChI is InChI=1S/C19H20N2O2/c1-2-3-6-15-9-11-17(12-10-15)21-19(22)14-23-18-8-5-4-7-16(18)13-20/h4-5,7-12H,2-3,6,14H2,1H3,(H,21,22). The summed E-state index contributed by atoms with van der Waals surface area (Å²) in [6.45, 7) is 2.04. The summed E-state index contributed by atoms with van der Waals surface area (Å²) in [6, 6.07) is 16.7. The Labute approximate surface area is 136 Å². The van der Waals surface area contributed by atoms with Crippen LogP contribution in [-0.2, 0) is 11.2 Å². The van der Waals surface area contributed by atoms with Gasteiger partial charge < -0.3 is 10.1 Å². The predicted molar refractivity (Wildman–Crippen MR) is 90.3 cm³/mol. The molecule has 0 aliphatic rings. The minimum Gasteiger partial charge on any atom is -0.482 e. The minimum absolute atomic E-state index is 0.129. The van der Waals surface area contributed by atoms with Crippen LogP contribution in [-0.4, -0.2) is 12.5 Å². The summed E-state index contributed by atoms with van der Waals surface area (Å²) < 4.78 is 5.40. The number of carbonyl (C=O) groups is 1. The van der Waals surface area contributed by atoms with Gasteiger partial charge in [-0.25, -0.2) is 0 Å². The minimum atomic E-state index is -0.251. The number of amides is 1. The molecule has 0 bridgehead atoms. The zero-order chi connectivity index (χ0) is 16.5. The molecular weight excluding hydrogens is 288 g/mol. The molecule has 0 radical (unpaired) electrons. The van der Waals surface area contributed by atoms with Crippen molar-refractivity contribution in [3.05, 3.63) is 59.7 Å². The molecule has 2 rings (SSSR count). The number of para-hydroxylation sites is 1. The first-order valence-electron chi connectivity index (χ1n) is 7.73. The van der Waals surface area contributed by atoms with Crippen molar-refractivity contribution in [2.24, 2.45) is 0 Å². The van der Waals surface area contributed by atoms with Crippen LogP contribution in [0, 0.1) is 11.3 Å². The molecule has 0 atom stereocenters. The third-order valence-corrected chi connectivity index (χ3v) is 3.42. The van der Waals surface area contributed by atoms with E-state index in [1.165, 1.54) is 12.0 Å². The largest absolute Gasteiger partial charge is 0.482 e. The Hall–Kier alpha value is -2.80. The molecule has 23 heavy (non-hydrogen) atoms. The van der Waals surface area contributed by atoms with E-state index in [1.807, 2.05) is 30.3 Å². The molecule has 2 aromatic rings. The van der Waals surface area contributed by atoms with E-state index in [-0.39, 0.29) is 12.5 Å². The number of ether oxygens (including phenoxy) is 1. The quantitative estimate of drug-likeness (QED) is 0.843. The van der Waals surface area contributed by atoms with E-state index in [9.17, 15) is 4.79 Å². The number of hydrogen-bond acceptors (Lipinski definition) is 3. The second kappa shape index (κ2) is 8.60. The van der Waals surface area contributed by atoms with Gasteiger partial charge in [0.25, 0.3) is 5.91 Å². The maximum absolute atomic E-state index is 11.9. The van der Waals surface area contributed by atoms with Gasteiger partial charge in [0, 0.05) is 5.69 Å². The molecule has 4 heteroatoms. The van der Waals surface area contributed by atoms with E-state index < -0.39 is 0 Å². The zero-order valence-electron chi connectivity index (χ0n) is 13.2. The summed E-state index contributed by atoms with van der Waals surface area (Å²) in [5, 5.41) is 11.8. The number of carbonyl (C=O) groups excluding carboxylic acids is 1. The maximum atomic E-state index is 11.9. The third-order valence-electron chi connectivity index (χ3n) is 3.42. The summed E-state index contributed by atoms with van der Waals surface area (Å²) in [4.78, 5) is 11.9. The fraction of sp³-hybridized carbons (Fsp3) is 0.263. The van der Waals surface area contributed by atoms with Crippen molar-refractivity contribution in [1.29, 1.82) is 5.26 Å². The van der Waals surface area contributed by atoms with Crippen LogP contribution in [0.3, 0.4) is 0 Å². The van der Waals surface area contributed by atoms with E-state index in [2.05, 4.69) is 12.2 Å². The lowest BCUT2D eigenvalue weighted by Gasteiger charge is -2.09. The van der Waals surface area contributed by atoms with Crippen LogP contribution in [0.15, 0.2) is 48.5 Å². The molecule has 0 aromatic heterocycles. The van der Waals surface area contributed by atoms with Gasteiger partial charge >= 0.3 is 0 Å². The van der Waals surface area contributed by atoms with Gasteiger partial charge in [-0.15, -0.1) is 0 Å². The summed E-state index contributed by atoms with van der Waals surface area (Å²) >= 11 is 0. The highest BCUT2D eigenvalue weighted by molar-refractivity contribution is 5.91. The number of nitrogens with zero attached hydrogens (tertiary/aromatic N) is 1. The molecule has 2 aromatic carbocycles. The summed E-state index contributed by atoms with van der Waals surface area (Å²) in [6.07, 6.45) is 3.39. The lowest BCUT2D eigenvalue weighted by molar-refractivity contribution is -0.118. The normalized spacial score (nSPS) is 9.91. The third kappa shape index (κ3) is 5.15. The molecule has 0 unspecified atom stereocenters.